The molecule has 1 atom stereocenters. The van der Waals surface area contributed by atoms with Gasteiger partial charge in [-0.05, 0) is 26.2 Å². The van der Waals surface area contributed by atoms with Gasteiger partial charge in [0.1, 0.15) is 0 Å². The number of carbonyl (C=O) groups is 2. The van der Waals surface area contributed by atoms with E-state index in [1.165, 1.54) is 0 Å². The smallest absolute Gasteiger partial charge is 0.306 e. The van der Waals surface area contributed by atoms with Crippen LogP contribution < -0.4 is 5.32 Å². The molecule has 6 heteroatoms. The molecule has 3 N–H and O–H groups in total. The van der Waals surface area contributed by atoms with Gasteiger partial charge in [0.2, 0.25) is 5.91 Å². The van der Waals surface area contributed by atoms with Gasteiger partial charge in [-0.15, -0.1) is 0 Å². The predicted molar refractivity (Wildman–Crippen MR) is 66.1 cm³/mol. The molecular formula is C12H22N2O4. The standard InChI is InChI=1S/C12H22N2O4/c1-9(4-7-15)13-8-11(16)14-5-2-10(3-6-14)12(17)18/h9-10,13,15H,2-8H2,1H3,(H,17,18). The zero-order valence-corrected chi connectivity index (χ0v) is 10.8. The van der Waals surface area contributed by atoms with E-state index in [4.69, 9.17) is 10.2 Å². The number of likely N-dealkylation sites (tertiary alicyclic amines) is 1. The molecule has 0 saturated carbocycles. The predicted octanol–water partition coefficient (Wildman–Crippen LogP) is -0.330. The van der Waals surface area contributed by atoms with Crippen LogP contribution in [0.5, 0.6) is 0 Å². The fraction of sp³-hybridized carbons (Fsp3) is 0.833. The lowest BCUT2D eigenvalue weighted by Gasteiger charge is -2.30. The third-order valence-corrected chi connectivity index (χ3v) is 3.36. The molecule has 0 aromatic heterocycles. The molecule has 104 valence electrons. The number of hydrogen-bond donors (Lipinski definition) is 3. The first-order valence-corrected chi connectivity index (χ1v) is 6.39. The van der Waals surface area contributed by atoms with Crippen LogP contribution >= 0.6 is 0 Å². The quantitative estimate of drug-likeness (QED) is 0.607. The number of carboxylic acids is 1. The lowest BCUT2D eigenvalue weighted by Crippen LogP contribution is -2.45. The SMILES string of the molecule is CC(CCO)NCC(=O)N1CCC(C(=O)O)CC1. The van der Waals surface area contributed by atoms with Crippen LogP contribution in [0.4, 0.5) is 0 Å². The number of piperidine rings is 1. The van der Waals surface area contributed by atoms with Gasteiger partial charge in [0.15, 0.2) is 0 Å². The third-order valence-electron chi connectivity index (χ3n) is 3.36. The third kappa shape index (κ3) is 4.62. The first kappa shape index (κ1) is 14.9. The van der Waals surface area contributed by atoms with E-state index in [-0.39, 0.29) is 31.0 Å². The molecule has 1 heterocycles. The summed E-state index contributed by atoms with van der Waals surface area (Å²) in [6, 6.07) is 0.107. The minimum absolute atomic E-state index is 0.00336. The summed E-state index contributed by atoms with van der Waals surface area (Å²) in [4.78, 5) is 24.3. The Morgan fingerprint density at radius 3 is 2.50 bits per heavy atom. The van der Waals surface area contributed by atoms with Gasteiger partial charge in [-0.3, -0.25) is 9.59 Å². The van der Waals surface area contributed by atoms with Crippen LogP contribution in [0, 0.1) is 5.92 Å². The van der Waals surface area contributed by atoms with Crippen molar-refractivity contribution in [2.24, 2.45) is 5.92 Å². The zero-order valence-electron chi connectivity index (χ0n) is 10.8. The molecule has 0 bridgehead atoms. The number of amides is 1. The summed E-state index contributed by atoms with van der Waals surface area (Å²) in [5, 5.41) is 20.6. The van der Waals surface area contributed by atoms with E-state index in [1.807, 2.05) is 6.92 Å². The van der Waals surface area contributed by atoms with Crippen LogP contribution in [0.2, 0.25) is 0 Å². The highest BCUT2D eigenvalue weighted by atomic mass is 16.4. The van der Waals surface area contributed by atoms with Crippen molar-refractivity contribution in [2.45, 2.75) is 32.2 Å². The molecule has 1 fully saturated rings. The van der Waals surface area contributed by atoms with Gasteiger partial charge in [-0.2, -0.15) is 0 Å². The molecular weight excluding hydrogens is 236 g/mol. The fourth-order valence-electron chi connectivity index (χ4n) is 2.04. The van der Waals surface area contributed by atoms with Gasteiger partial charge in [0.25, 0.3) is 0 Å². The summed E-state index contributed by atoms with van der Waals surface area (Å²) in [7, 11) is 0. The largest absolute Gasteiger partial charge is 0.481 e. The van der Waals surface area contributed by atoms with Crippen LogP contribution in [0.3, 0.4) is 0 Å². The van der Waals surface area contributed by atoms with Crippen LogP contribution in [0.15, 0.2) is 0 Å². The first-order chi connectivity index (χ1) is 8.54. The summed E-state index contributed by atoms with van der Waals surface area (Å²) >= 11 is 0. The molecule has 1 aliphatic rings. The average molecular weight is 258 g/mol. The summed E-state index contributed by atoms with van der Waals surface area (Å²) in [5.74, 6) is -1.07. The molecule has 0 aromatic rings. The Hall–Kier alpha value is -1.14. The highest BCUT2D eigenvalue weighted by Crippen LogP contribution is 2.17. The van der Waals surface area contributed by atoms with E-state index in [1.54, 1.807) is 4.90 Å². The van der Waals surface area contributed by atoms with E-state index in [0.717, 1.165) is 0 Å². The Morgan fingerprint density at radius 1 is 1.39 bits per heavy atom. The number of carbonyl (C=O) groups excluding carboxylic acids is 1. The van der Waals surface area contributed by atoms with Crippen LogP contribution in [0.25, 0.3) is 0 Å². The van der Waals surface area contributed by atoms with E-state index < -0.39 is 5.97 Å². The van der Waals surface area contributed by atoms with Crippen LogP contribution in [0.1, 0.15) is 26.2 Å². The highest BCUT2D eigenvalue weighted by Gasteiger charge is 2.26. The fourth-order valence-corrected chi connectivity index (χ4v) is 2.04. The van der Waals surface area contributed by atoms with Crippen LogP contribution in [-0.2, 0) is 9.59 Å². The van der Waals surface area contributed by atoms with E-state index in [9.17, 15) is 9.59 Å². The van der Waals surface area contributed by atoms with Gasteiger partial charge in [0.05, 0.1) is 12.5 Å². The average Bonchev–Trinajstić information content (AvgIpc) is 2.36. The van der Waals surface area contributed by atoms with Crippen molar-refractivity contribution in [2.75, 3.05) is 26.2 Å². The summed E-state index contributed by atoms with van der Waals surface area (Å²) in [6.07, 6.45) is 1.69. The summed E-state index contributed by atoms with van der Waals surface area (Å²) < 4.78 is 0. The van der Waals surface area contributed by atoms with Crippen molar-refractivity contribution in [3.05, 3.63) is 0 Å². The normalized spacial score (nSPS) is 18.7. The second-order valence-corrected chi connectivity index (χ2v) is 4.79. The molecule has 6 nitrogen and oxygen atoms in total. The van der Waals surface area contributed by atoms with Crippen molar-refractivity contribution in [3.63, 3.8) is 0 Å². The molecule has 0 radical (unpaired) electrons. The zero-order chi connectivity index (χ0) is 13.5. The van der Waals surface area contributed by atoms with Crippen molar-refractivity contribution in [1.82, 2.24) is 10.2 Å². The minimum atomic E-state index is -0.767. The number of nitrogens with one attached hydrogen (secondary N) is 1. The Morgan fingerprint density at radius 2 is 2.00 bits per heavy atom. The lowest BCUT2D eigenvalue weighted by molar-refractivity contribution is -0.145. The Kier molecular flexibility index (Phi) is 6.07. The number of nitrogens with zero attached hydrogens (tertiary/aromatic N) is 1. The maximum Gasteiger partial charge on any atom is 0.306 e. The van der Waals surface area contributed by atoms with Crippen molar-refractivity contribution < 1.29 is 19.8 Å². The molecule has 18 heavy (non-hydrogen) atoms. The Labute approximate surface area is 107 Å². The second-order valence-electron chi connectivity index (χ2n) is 4.79. The molecule has 1 saturated heterocycles. The lowest BCUT2D eigenvalue weighted by atomic mass is 9.97. The molecule has 1 unspecified atom stereocenters. The van der Waals surface area contributed by atoms with Crippen molar-refractivity contribution in [1.29, 1.82) is 0 Å². The van der Waals surface area contributed by atoms with Crippen LogP contribution in [-0.4, -0.2) is 59.3 Å². The van der Waals surface area contributed by atoms with Gasteiger partial charge in [-0.1, -0.05) is 0 Å². The highest BCUT2D eigenvalue weighted by molar-refractivity contribution is 5.79. The Balaban J connectivity index is 2.25. The molecule has 0 spiro atoms. The van der Waals surface area contributed by atoms with Gasteiger partial charge in [0, 0.05) is 25.7 Å². The summed E-state index contributed by atoms with van der Waals surface area (Å²) in [6.45, 7) is 3.31. The molecule has 1 aliphatic heterocycles. The molecule has 1 amide bonds. The van der Waals surface area contributed by atoms with Gasteiger partial charge < -0.3 is 20.4 Å². The molecule has 1 rings (SSSR count). The maximum atomic E-state index is 11.8. The number of carboxylic acid groups (broad SMARTS) is 1. The second kappa shape index (κ2) is 7.33. The number of aliphatic carboxylic acids is 1. The van der Waals surface area contributed by atoms with E-state index in [2.05, 4.69) is 5.32 Å². The van der Waals surface area contributed by atoms with E-state index >= 15 is 0 Å². The van der Waals surface area contributed by atoms with Crippen molar-refractivity contribution in [3.8, 4) is 0 Å². The van der Waals surface area contributed by atoms with Gasteiger partial charge >= 0.3 is 5.97 Å². The molecule has 0 aromatic carbocycles. The van der Waals surface area contributed by atoms with Crippen molar-refractivity contribution >= 4 is 11.9 Å². The maximum absolute atomic E-state index is 11.8. The number of aliphatic hydroxyl groups excluding tert-OH is 1. The minimum Gasteiger partial charge on any atom is -0.481 e. The number of aliphatic hydroxyl groups is 1. The topological polar surface area (TPSA) is 89.9 Å². The number of hydrogen-bond acceptors (Lipinski definition) is 4. The van der Waals surface area contributed by atoms with Gasteiger partial charge in [-0.25, -0.2) is 0 Å². The monoisotopic (exact) mass is 258 g/mol. The first-order valence-electron chi connectivity index (χ1n) is 6.39. The number of rotatable bonds is 6. The molecule has 0 aliphatic carbocycles. The summed E-state index contributed by atoms with van der Waals surface area (Å²) in [5.41, 5.74) is 0. The van der Waals surface area contributed by atoms with E-state index in [0.29, 0.717) is 32.4 Å². The Bertz CT molecular complexity index is 288.